The van der Waals surface area contributed by atoms with E-state index >= 15 is 0 Å². The topological polar surface area (TPSA) is 20.2 Å². The van der Waals surface area contributed by atoms with E-state index in [2.05, 4.69) is 39.5 Å². The van der Waals surface area contributed by atoms with Crippen LogP contribution >= 0.6 is 11.6 Å². The molecule has 22 heavy (non-hydrogen) atoms. The number of rotatable bonds is 11. The summed E-state index contributed by atoms with van der Waals surface area (Å²) in [6, 6.07) is 0. The Hall–Kier alpha value is -0.790. The second-order valence-corrected chi connectivity index (χ2v) is 6.83. The monoisotopic (exact) mass is 324 g/mol. The fraction of sp³-hybridized carbons (Fsp3) is 0.600. The maximum absolute atomic E-state index is 8.83. The zero-order valence-electron chi connectivity index (χ0n) is 14.8. The molecule has 0 saturated heterocycles. The Kier molecular flexibility index (Phi) is 12.3. The molecule has 0 aliphatic carbocycles. The van der Waals surface area contributed by atoms with Crippen molar-refractivity contribution < 1.29 is 5.11 Å². The number of hydrogen-bond acceptors (Lipinski definition) is 1. The van der Waals surface area contributed by atoms with E-state index in [1.54, 1.807) is 0 Å². The predicted octanol–water partition coefficient (Wildman–Crippen LogP) is 6.34. The van der Waals surface area contributed by atoms with Gasteiger partial charge in [-0.1, -0.05) is 47.1 Å². The molecule has 1 nitrogen and oxygen atoms in total. The third kappa shape index (κ3) is 11.8. The summed E-state index contributed by atoms with van der Waals surface area (Å²) in [5.41, 5.74) is 5.14. The maximum atomic E-state index is 8.83. The molecule has 0 amide bonds. The van der Waals surface area contributed by atoms with Crippen LogP contribution in [-0.4, -0.2) is 17.1 Å². The van der Waals surface area contributed by atoms with Crippen molar-refractivity contribution in [2.45, 2.75) is 71.6 Å². The van der Waals surface area contributed by atoms with Crippen LogP contribution in [-0.2, 0) is 0 Å². The number of aliphatic hydroxyl groups is 1. The summed E-state index contributed by atoms with van der Waals surface area (Å²) in [4.78, 5) is 0. The molecule has 0 spiro atoms. The molecule has 0 fully saturated rings. The standard InChI is InChI=1S/C20H33ClO/c1-16(2)8-6-9-17(3)10-7-11-19(5)20(21)13-12-18(4)14-15-22/h8,10,14,20,22H,5-7,9,11-13,15H2,1-4H3/b17-10+,18-14+. The molecule has 0 rings (SSSR count). The van der Waals surface area contributed by atoms with Crippen molar-refractivity contribution in [3.8, 4) is 0 Å². The molecule has 2 heteroatoms. The summed E-state index contributed by atoms with van der Waals surface area (Å²) < 4.78 is 0. The van der Waals surface area contributed by atoms with Gasteiger partial charge in [-0.15, -0.1) is 11.6 Å². The molecule has 1 atom stereocenters. The van der Waals surface area contributed by atoms with E-state index in [1.165, 1.54) is 16.7 Å². The fourth-order valence-corrected chi connectivity index (χ4v) is 2.39. The lowest BCUT2D eigenvalue weighted by atomic mass is 10.0. The van der Waals surface area contributed by atoms with Gasteiger partial charge in [-0.3, -0.25) is 0 Å². The van der Waals surface area contributed by atoms with E-state index in [1.807, 2.05) is 13.0 Å². The Labute approximate surface area is 142 Å². The van der Waals surface area contributed by atoms with Crippen LogP contribution in [0.3, 0.4) is 0 Å². The molecule has 1 unspecified atom stereocenters. The van der Waals surface area contributed by atoms with Crippen molar-refractivity contribution in [2.75, 3.05) is 6.61 Å². The molecule has 0 radical (unpaired) electrons. The lowest BCUT2D eigenvalue weighted by Crippen LogP contribution is -2.02. The number of hydrogen-bond donors (Lipinski definition) is 1. The predicted molar refractivity (Wildman–Crippen MR) is 101 cm³/mol. The third-order valence-electron chi connectivity index (χ3n) is 3.72. The summed E-state index contributed by atoms with van der Waals surface area (Å²) in [5.74, 6) is 0. The van der Waals surface area contributed by atoms with Gasteiger partial charge in [-0.2, -0.15) is 0 Å². The lowest BCUT2D eigenvalue weighted by Gasteiger charge is -2.12. The maximum Gasteiger partial charge on any atom is 0.0614 e. The number of allylic oxidation sites excluding steroid dienone is 6. The average molecular weight is 325 g/mol. The van der Waals surface area contributed by atoms with Crippen LogP contribution in [0.4, 0.5) is 0 Å². The van der Waals surface area contributed by atoms with Crippen LogP contribution in [0.1, 0.15) is 66.2 Å². The van der Waals surface area contributed by atoms with Crippen molar-refractivity contribution >= 4 is 11.6 Å². The first-order valence-electron chi connectivity index (χ1n) is 8.24. The van der Waals surface area contributed by atoms with Crippen LogP contribution in [0.5, 0.6) is 0 Å². The minimum atomic E-state index is 0.0291. The molecule has 0 heterocycles. The molecule has 0 saturated carbocycles. The molecule has 0 aromatic heterocycles. The Morgan fingerprint density at radius 2 is 1.55 bits per heavy atom. The summed E-state index contributed by atoms with van der Waals surface area (Å²) in [6.07, 6.45) is 12.5. The molecular weight excluding hydrogens is 292 g/mol. The van der Waals surface area contributed by atoms with Gasteiger partial charge in [0, 0.05) is 0 Å². The van der Waals surface area contributed by atoms with E-state index in [-0.39, 0.29) is 12.0 Å². The van der Waals surface area contributed by atoms with Crippen molar-refractivity contribution in [2.24, 2.45) is 0 Å². The molecule has 0 aromatic rings. The quantitative estimate of drug-likeness (QED) is 0.347. The van der Waals surface area contributed by atoms with Gasteiger partial charge in [0.25, 0.3) is 0 Å². The molecule has 0 aliphatic heterocycles. The molecule has 0 bridgehead atoms. The van der Waals surface area contributed by atoms with E-state index in [4.69, 9.17) is 16.7 Å². The van der Waals surface area contributed by atoms with Gasteiger partial charge in [0.1, 0.15) is 0 Å². The van der Waals surface area contributed by atoms with Crippen molar-refractivity contribution in [3.63, 3.8) is 0 Å². The summed E-state index contributed by atoms with van der Waals surface area (Å²) in [7, 11) is 0. The van der Waals surface area contributed by atoms with Crippen LogP contribution in [0, 0.1) is 0 Å². The second kappa shape index (κ2) is 12.7. The van der Waals surface area contributed by atoms with Gasteiger partial charge < -0.3 is 5.11 Å². The van der Waals surface area contributed by atoms with E-state index in [0.717, 1.165) is 44.1 Å². The molecule has 0 aromatic carbocycles. The lowest BCUT2D eigenvalue weighted by molar-refractivity contribution is 0.341. The highest BCUT2D eigenvalue weighted by molar-refractivity contribution is 6.22. The highest BCUT2D eigenvalue weighted by Gasteiger charge is 2.08. The largest absolute Gasteiger partial charge is 0.392 e. The summed E-state index contributed by atoms with van der Waals surface area (Å²) >= 11 is 6.39. The third-order valence-corrected chi connectivity index (χ3v) is 4.25. The molecule has 1 N–H and O–H groups in total. The summed E-state index contributed by atoms with van der Waals surface area (Å²) in [6.45, 7) is 12.7. The zero-order valence-corrected chi connectivity index (χ0v) is 15.5. The highest BCUT2D eigenvalue weighted by atomic mass is 35.5. The number of aliphatic hydroxyl groups excluding tert-OH is 1. The van der Waals surface area contributed by atoms with Crippen molar-refractivity contribution in [1.29, 1.82) is 0 Å². The van der Waals surface area contributed by atoms with Crippen molar-refractivity contribution in [1.82, 2.24) is 0 Å². The van der Waals surface area contributed by atoms with Gasteiger partial charge in [0.2, 0.25) is 0 Å². The normalized spacial score (nSPS) is 13.9. The Morgan fingerprint density at radius 1 is 0.955 bits per heavy atom. The Bertz CT molecular complexity index is 411. The van der Waals surface area contributed by atoms with Crippen LogP contribution in [0.15, 0.2) is 47.1 Å². The smallest absolute Gasteiger partial charge is 0.0614 e. The minimum Gasteiger partial charge on any atom is -0.392 e. The van der Waals surface area contributed by atoms with Crippen LogP contribution in [0.25, 0.3) is 0 Å². The second-order valence-electron chi connectivity index (χ2n) is 6.31. The van der Waals surface area contributed by atoms with Crippen LogP contribution < -0.4 is 0 Å². The highest BCUT2D eigenvalue weighted by Crippen LogP contribution is 2.21. The SMILES string of the molecule is C=C(CC/C=C(\C)CCC=C(C)C)C(Cl)CC/C(C)=C/CO. The van der Waals surface area contributed by atoms with E-state index in [9.17, 15) is 0 Å². The van der Waals surface area contributed by atoms with Crippen LogP contribution in [0.2, 0.25) is 0 Å². The minimum absolute atomic E-state index is 0.0291. The van der Waals surface area contributed by atoms with Gasteiger partial charge in [-0.25, -0.2) is 0 Å². The molecule has 126 valence electrons. The average Bonchev–Trinajstić information content (AvgIpc) is 2.44. The first-order chi connectivity index (χ1) is 10.4. The van der Waals surface area contributed by atoms with Crippen molar-refractivity contribution in [3.05, 3.63) is 47.1 Å². The number of alkyl halides is 1. The fourth-order valence-electron chi connectivity index (χ4n) is 2.17. The van der Waals surface area contributed by atoms with E-state index in [0.29, 0.717) is 0 Å². The summed E-state index contributed by atoms with van der Waals surface area (Å²) in [5, 5.41) is 8.86. The van der Waals surface area contributed by atoms with Gasteiger partial charge in [0.05, 0.1) is 12.0 Å². The Balaban J connectivity index is 4.01. The van der Waals surface area contributed by atoms with Gasteiger partial charge >= 0.3 is 0 Å². The molecule has 0 aliphatic rings. The zero-order chi connectivity index (χ0) is 17.0. The van der Waals surface area contributed by atoms with Gasteiger partial charge in [0.15, 0.2) is 0 Å². The van der Waals surface area contributed by atoms with E-state index < -0.39 is 0 Å². The number of halogens is 1. The first kappa shape index (κ1) is 21.2. The van der Waals surface area contributed by atoms with Gasteiger partial charge in [-0.05, 0) is 66.2 Å². The first-order valence-corrected chi connectivity index (χ1v) is 8.67. The molecular formula is C20H33ClO. The Morgan fingerprint density at radius 3 is 2.14 bits per heavy atom.